The molecule has 0 saturated heterocycles. The second-order valence-electron chi connectivity index (χ2n) is 5.92. The predicted octanol–water partition coefficient (Wildman–Crippen LogP) is 2.79. The molecule has 0 saturated carbocycles. The van der Waals surface area contributed by atoms with Crippen LogP contribution in [0.2, 0.25) is 0 Å². The quantitative estimate of drug-likeness (QED) is 0.737. The highest BCUT2D eigenvalue weighted by molar-refractivity contribution is 7.88. The standard InChI is InChI=1S/C16H28N2O2S/c1-5-6-14(4)18-21(19,20)12-16-9-7-15(8-10-16)11-17-13(2)3/h7-10,13-14,17-18H,5-6,11-12H2,1-4H3. The van der Waals surface area contributed by atoms with Gasteiger partial charge in [0.15, 0.2) is 0 Å². The first-order valence-electron chi connectivity index (χ1n) is 7.63. The topological polar surface area (TPSA) is 58.2 Å². The summed E-state index contributed by atoms with van der Waals surface area (Å²) >= 11 is 0. The molecule has 2 N–H and O–H groups in total. The lowest BCUT2D eigenvalue weighted by molar-refractivity contribution is 0.543. The predicted molar refractivity (Wildman–Crippen MR) is 88.5 cm³/mol. The lowest BCUT2D eigenvalue weighted by Gasteiger charge is -2.13. The van der Waals surface area contributed by atoms with Gasteiger partial charge in [-0.2, -0.15) is 0 Å². The summed E-state index contributed by atoms with van der Waals surface area (Å²) in [4.78, 5) is 0. The molecule has 0 radical (unpaired) electrons. The van der Waals surface area contributed by atoms with Crippen molar-refractivity contribution < 1.29 is 8.42 Å². The molecular formula is C16H28N2O2S. The molecule has 1 aromatic carbocycles. The summed E-state index contributed by atoms with van der Waals surface area (Å²) < 4.78 is 26.8. The Morgan fingerprint density at radius 3 is 2.14 bits per heavy atom. The molecule has 1 unspecified atom stereocenters. The Kier molecular flexibility index (Phi) is 7.35. The Morgan fingerprint density at radius 2 is 1.62 bits per heavy atom. The maximum absolute atomic E-state index is 12.1. The van der Waals surface area contributed by atoms with Crippen LogP contribution < -0.4 is 10.0 Å². The molecule has 5 heteroatoms. The van der Waals surface area contributed by atoms with E-state index in [0.29, 0.717) is 6.04 Å². The van der Waals surface area contributed by atoms with E-state index in [1.807, 2.05) is 31.2 Å². The smallest absolute Gasteiger partial charge is 0.216 e. The molecule has 4 nitrogen and oxygen atoms in total. The molecule has 0 bridgehead atoms. The van der Waals surface area contributed by atoms with E-state index in [1.165, 1.54) is 0 Å². The van der Waals surface area contributed by atoms with Crippen molar-refractivity contribution in [1.82, 2.24) is 10.0 Å². The number of sulfonamides is 1. The fourth-order valence-electron chi connectivity index (χ4n) is 2.13. The zero-order chi connectivity index (χ0) is 15.9. The van der Waals surface area contributed by atoms with Crippen molar-refractivity contribution in [2.45, 2.75) is 64.9 Å². The molecule has 0 heterocycles. The van der Waals surface area contributed by atoms with Crippen LogP contribution in [0, 0.1) is 0 Å². The molecule has 0 aliphatic rings. The van der Waals surface area contributed by atoms with E-state index in [4.69, 9.17) is 0 Å². The Balaban J connectivity index is 2.58. The summed E-state index contributed by atoms with van der Waals surface area (Å²) in [5, 5.41) is 3.34. The van der Waals surface area contributed by atoms with Gasteiger partial charge in [0.25, 0.3) is 0 Å². The molecule has 1 aromatic rings. The Morgan fingerprint density at radius 1 is 1.05 bits per heavy atom. The second-order valence-corrected chi connectivity index (χ2v) is 7.67. The largest absolute Gasteiger partial charge is 0.310 e. The number of hydrogen-bond acceptors (Lipinski definition) is 3. The number of nitrogens with one attached hydrogen (secondary N) is 2. The maximum atomic E-state index is 12.1. The molecule has 0 aromatic heterocycles. The molecule has 0 fully saturated rings. The van der Waals surface area contributed by atoms with Crippen LogP contribution in [0.15, 0.2) is 24.3 Å². The van der Waals surface area contributed by atoms with Crippen molar-refractivity contribution in [1.29, 1.82) is 0 Å². The molecular weight excluding hydrogens is 284 g/mol. The first-order chi connectivity index (χ1) is 9.82. The third-order valence-corrected chi connectivity index (χ3v) is 4.67. The normalized spacial score (nSPS) is 13.6. The van der Waals surface area contributed by atoms with Crippen molar-refractivity contribution in [3.8, 4) is 0 Å². The summed E-state index contributed by atoms with van der Waals surface area (Å²) in [6.07, 6.45) is 1.83. The summed E-state index contributed by atoms with van der Waals surface area (Å²) in [7, 11) is -3.26. The summed E-state index contributed by atoms with van der Waals surface area (Å²) in [6, 6.07) is 8.18. The van der Waals surface area contributed by atoms with Crippen LogP contribution >= 0.6 is 0 Å². The fourth-order valence-corrected chi connectivity index (χ4v) is 3.58. The minimum absolute atomic E-state index is 0.00508. The minimum atomic E-state index is -3.26. The van der Waals surface area contributed by atoms with E-state index >= 15 is 0 Å². The average Bonchev–Trinajstić information content (AvgIpc) is 2.37. The fraction of sp³-hybridized carbons (Fsp3) is 0.625. The van der Waals surface area contributed by atoms with Gasteiger partial charge in [-0.15, -0.1) is 0 Å². The Bertz CT molecular complexity index is 510. The molecule has 0 aliphatic heterocycles. The van der Waals surface area contributed by atoms with Crippen molar-refractivity contribution in [3.05, 3.63) is 35.4 Å². The van der Waals surface area contributed by atoms with Gasteiger partial charge in [0.2, 0.25) is 10.0 Å². The van der Waals surface area contributed by atoms with E-state index < -0.39 is 10.0 Å². The van der Waals surface area contributed by atoms with E-state index in [0.717, 1.165) is 30.5 Å². The second kappa shape index (κ2) is 8.51. The van der Waals surface area contributed by atoms with Crippen LogP contribution in [0.1, 0.15) is 51.7 Å². The molecule has 0 aliphatic carbocycles. The number of hydrogen-bond donors (Lipinski definition) is 2. The van der Waals surface area contributed by atoms with Crippen LogP contribution in [-0.4, -0.2) is 20.5 Å². The number of benzene rings is 1. The van der Waals surface area contributed by atoms with E-state index in [-0.39, 0.29) is 11.8 Å². The molecule has 1 atom stereocenters. The SMILES string of the molecule is CCCC(C)NS(=O)(=O)Cc1ccc(CNC(C)C)cc1. The maximum Gasteiger partial charge on any atom is 0.216 e. The van der Waals surface area contributed by atoms with E-state index in [1.54, 1.807) is 0 Å². The summed E-state index contributed by atoms with van der Waals surface area (Å²) in [5.74, 6) is 0.0406. The van der Waals surface area contributed by atoms with Gasteiger partial charge in [-0.05, 0) is 24.5 Å². The van der Waals surface area contributed by atoms with Crippen molar-refractivity contribution >= 4 is 10.0 Å². The third kappa shape index (κ3) is 7.60. The van der Waals surface area contributed by atoms with E-state index in [9.17, 15) is 8.42 Å². The van der Waals surface area contributed by atoms with Crippen molar-refractivity contribution in [3.63, 3.8) is 0 Å². The van der Waals surface area contributed by atoms with Crippen LogP contribution in [0.5, 0.6) is 0 Å². The van der Waals surface area contributed by atoms with Gasteiger partial charge in [-0.3, -0.25) is 0 Å². The molecule has 1 rings (SSSR count). The van der Waals surface area contributed by atoms with Gasteiger partial charge in [0.1, 0.15) is 0 Å². The molecule has 0 amide bonds. The van der Waals surface area contributed by atoms with Crippen LogP contribution in [0.3, 0.4) is 0 Å². The zero-order valence-electron chi connectivity index (χ0n) is 13.5. The highest BCUT2D eigenvalue weighted by Gasteiger charge is 2.14. The van der Waals surface area contributed by atoms with Gasteiger partial charge in [0.05, 0.1) is 5.75 Å². The first-order valence-corrected chi connectivity index (χ1v) is 9.29. The molecule has 0 spiro atoms. The first kappa shape index (κ1) is 18.1. The van der Waals surface area contributed by atoms with Gasteiger partial charge < -0.3 is 5.32 Å². The highest BCUT2D eigenvalue weighted by atomic mass is 32.2. The Hall–Kier alpha value is -0.910. The average molecular weight is 312 g/mol. The lowest BCUT2D eigenvalue weighted by Crippen LogP contribution is -2.33. The van der Waals surface area contributed by atoms with E-state index in [2.05, 4.69) is 30.8 Å². The zero-order valence-corrected chi connectivity index (χ0v) is 14.3. The number of rotatable bonds is 9. The van der Waals surface area contributed by atoms with Gasteiger partial charge in [-0.1, -0.05) is 51.5 Å². The molecule has 21 heavy (non-hydrogen) atoms. The summed E-state index contributed by atoms with van der Waals surface area (Å²) in [6.45, 7) is 8.96. The minimum Gasteiger partial charge on any atom is -0.310 e. The highest BCUT2D eigenvalue weighted by Crippen LogP contribution is 2.09. The van der Waals surface area contributed by atoms with Gasteiger partial charge in [-0.25, -0.2) is 13.1 Å². The van der Waals surface area contributed by atoms with Crippen molar-refractivity contribution in [2.24, 2.45) is 0 Å². The van der Waals surface area contributed by atoms with Gasteiger partial charge >= 0.3 is 0 Å². The summed E-state index contributed by atoms with van der Waals surface area (Å²) in [5.41, 5.74) is 1.98. The molecule has 120 valence electrons. The van der Waals surface area contributed by atoms with Crippen LogP contribution in [0.4, 0.5) is 0 Å². The lowest BCUT2D eigenvalue weighted by atomic mass is 10.1. The van der Waals surface area contributed by atoms with Crippen LogP contribution in [-0.2, 0) is 22.3 Å². The van der Waals surface area contributed by atoms with Crippen molar-refractivity contribution in [2.75, 3.05) is 0 Å². The van der Waals surface area contributed by atoms with Crippen LogP contribution in [0.25, 0.3) is 0 Å². The van der Waals surface area contributed by atoms with Gasteiger partial charge in [0, 0.05) is 18.6 Å². The monoisotopic (exact) mass is 312 g/mol. The third-order valence-electron chi connectivity index (χ3n) is 3.20. The Labute approximate surface area is 129 Å².